The van der Waals surface area contributed by atoms with Crippen LogP contribution in [0.3, 0.4) is 0 Å². The van der Waals surface area contributed by atoms with Crippen LogP contribution in [0, 0.1) is 78.8 Å². The van der Waals surface area contributed by atoms with E-state index in [0.29, 0.717) is 24.9 Å². The molecule has 1 aromatic carbocycles. The van der Waals surface area contributed by atoms with Gasteiger partial charge in [-0.25, -0.2) is 0 Å². The van der Waals surface area contributed by atoms with Crippen molar-refractivity contribution in [2.45, 2.75) is 207 Å². The number of hydrogen-bond donors (Lipinski definition) is 3. The van der Waals surface area contributed by atoms with Crippen molar-refractivity contribution in [3.05, 3.63) is 35.4 Å². The van der Waals surface area contributed by atoms with Gasteiger partial charge in [-0.1, -0.05) is 103 Å². The van der Waals surface area contributed by atoms with Crippen molar-refractivity contribution in [3.63, 3.8) is 0 Å². The molecule has 1 aliphatic heterocycles. The van der Waals surface area contributed by atoms with Crippen LogP contribution in [0.4, 0.5) is 0 Å². The predicted molar refractivity (Wildman–Crippen MR) is 246 cm³/mol. The first-order valence-corrected chi connectivity index (χ1v) is 25.9. The van der Waals surface area contributed by atoms with Crippen LogP contribution >= 0.6 is 0 Å². The quantitative estimate of drug-likeness (QED) is 0.181. The molecule has 344 valence electrons. The summed E-state index contributed by atoms with van der Waals surface area (Å²) in [4.78, 5) is 13.3. The molecule has 2 spiro atoms. The first-order valence-electron chi connectivity index (χ1n) is 25.9. The lowest BCUT2D eigenvalue weighted by Crippen LogP contribution is -2.78. The standard InChI is InChI=1S/C56H84O6/c1-7-12-44-55-34-32-53-24-11-15-41(17-16-40-13-9-8-10-14-40)22-25-52(45-38-49(3,47(58)59)27-26-48(45,2)28-29-50(52,53)4)31-30-51(53,5)54(55,39-57)33-35-56(44,60)62-46(55)37-43-20-18-42(19-21-43)23-36-61-6/h18-21,40-41,44-46,57,60H,7-10,12-17,22-23,25-39H2,1-6H3,(H,58,59)/t41-,44+,45-,46+,48+,49-,50+,51-,52-,53-,54-,55-,56+/m1/s1. The number of fused-ring (bicyclic) bond motifs is 3. The number of benzene rings is 1. The zero-order valence-electron chi connectivity index (χ0n) is 39.9. The van der Waals surface area contributed by atoms with Crippen molar-refractivity contribution in [2.75, 3.05) is 20.3 Å². The fourth-order valence-electron chi connectivity index (χ4n) is 18.7. The molecule has 7 fully saturated rings. The normalized spacial score (nSPS) is 47.3. The molecule has 0 aromatic heterocycles. The summed E-state index contributed by atoms with van der Waals surface area (Å²) in [7, 11) is 1.75. The Balaban J connectivity index is 1.18. The third-order valence-electron chi connectivity index (χ3n) is 22.3. The average molecular weight is 853 g/mol. The average Bonchev–Trinajstić information content (AvgIpc) is 3.43. The lowest BCUT2D eigenvalue weighted by Gasteiger charge is -2.81. The molecule has 6 nitrogen and oxygen atoms in total. The molecule has 0 radical (unpaired) electrons. The van der Waals surface area contributed by atoms with E-state index in [1.807, 2.05) is 0 Å². The predicted octanol–water partition coefficient (Wildman–Crippen LogP) is 12.1. The summed E-state index contributed by atoms with van der Waals surface area (Å²) in [6, 6.07) is 8.99. The third-order valence-corrected chi connectivity index (χ3v) is 22.3. The Morgan fingerprint density at radius 1 is 0.806 bits per heavy atom. The summed E-state index contributed by atoms with van der Waals surface area (Å²) in [5.74, 6) is 8.37. The van der Waals surface area contributed by atoms with Crippen molar-refractivity contribution in [1.29, 1.82) is 0 Å². The third kappa shape index (κ3) is 6.25. The number of methoxy groups -OCH3 is 1. The van der Waals surface area contributed by atoms with Crippen LogP contribution < -0.4 is 0 Å². The topological polar surface area (TPSA) is 96.2 Å². The summed E-state index contributed by atoms with van der Waals surface area (Å²) in [6.45, 7) is 12.9. The number of aliphatic hydroxyl groups excluding tert-OH is 1. The number of aliphatic hydroxyl groups is 2. The SMILES string of the molecule is CCC[C@H]1[C@@]23CC[C@@]45C#CC[C@H](CCC6CCCCC6)CC[C@@]6(CC[C@@]4(C)[C@]2(CO)CC[C@]1(O)O[C@H]3Cc1ccc(CCOC)cc1)[C@@H]1C[C@](C)(C(=O)O)CC[C@@]1(C)CC[C@@]65C. The maximum atomic E-state index is 13.3. The molecule has 1 saturated heterocycles. The van der Waals surface area contributed by atoms with Gasteiger partial charge >= 0.3 is 5.97 Å². The highest BCUT2D eigenvalue weighted by Crippen LogP contribution is 2.88. The summed E-state index contributed by atoms with van der Waals surface area (Å²) in [5, 5.41) is 36.3. The molecule has 3 N–H and O–H groups in total. The first kappa shape index (κ1) is 45.3. The molecule has 0 unspecified atom stereocenters. The maximum Gasteiger partial charge on any atom is 0.309 e. The molecule has 6 heteroatoms. The highest BCUT2D eigenvalue weighted by atomic mass is 16.6. The van der Waals surface area contributed by atoms with Crippen LogP contribution in [0.5, 0.6) is 0 Å². The minimum atomic E-state index is -1.20. The number of ether oxygens (including phenoxy) is 2. The number of carboxylic acid groups (broad SMARTS) is 1. The second-order valence-electron chi connectivity index (χ2n) is 24.3. The Bertz CT molecular complexity index is 1880. The van der Waals surface area contributed by atoms with Crippen molar-refractivity contribution < 1.29 is 29.6 Å². The molecule has 1 heterocycles. The Labute approximate surface area is 375 Å². The second kappa shape index (κ2) is 16.2. The fraction of sp³-hybridized carbons (Fsp3) is 0.839. The Kier molecular flexibility index (Phi) is 11.8. The van der Waals surface area contributed by atoms with Crippen molar-refractivity contribution >= 4 is 5.97 Å². The summed E-state index contributed by atoms with van der Waals surface area (Å²) in [6.07, 6.45) is 26.1. The van der Waals surface area contributed by atoms with Gasteiger partial charge in [0.15, 0.2) is 5.79 Å². The maximum absolute atomic E-state index is 13.3. The lowest BCUT2D eigenvalue weighted by atomic mass is 9.22. The van der Waals surface area contributed by atoms with Gasteiger partial charge in [0.25, 0.3) is 0 Å². The van der Waals surface area contributed by atoms with Crippen LogP contribution in [-0.2, 0) is 27.1 Å². The second-order valence-corrected chi connectivity index (χ2v) is 24.3. The van der Waals surface area contributed by atoms with Gasteiger partial charge in [-0.05, 0) is 160 Å². The summed E-state index contributed by atoms with van der Waals surface area (Å²) in [5.41, 5.74) is 0.125. The molecular weight excluding hydrogens is 769 g/mol. The number of aliphatic carboxylic acids is 1. The molecule has 0 amide bonds. The van der Waals surface area contributed by atoms with Gasteiger partial charge in [0.05, 0.1) is 18.1 Å². The van der Waals surface area contributed by atoms with Gasteiger partial charge in [0.2, 0.25) is 0 Å². The van der Waals surface area contributed by atoms with E-state index in [4.69, 9.17) is 9.47 Å². The van der Waals surface area contributed by atoms with E-state index in [0.717, 1.165) is 109 Å². The molecule has 6 saturated carbocycles. The van der Waals surface area contributed by atoms with E-state index in [1.54, 1.807) is 7.11 Å². The first-order chi connectivity index (χ1) is 29.6. The van der Waals surface area contributed by atoms with E-state index in [2.05, 4.69) is 70.7 Å². The smallest absolute Gasteiger partial charge is 0.309 e. The molecule has 7 aliphatic carbocycles. The summed E-state index contributed by atoms with van der Waals surface area (Å²) >= 11 is 0. The van der Waals surface area contributed by atoms with E-state index < -0.39 is 28.0 Å². The van der Waals surface area contributed by atoms with Gasteiger partial charge in [-0.2, -0.15) is 0 Å². The molecular formula is C56H84O6. The fourth-order valence-corrected chi connectivity index (χ4v) is 18.7. The highest BCUT2D eigenvalue weighted by Gasteiger charge is 2.85. The Hall–Kier alpha value is -1.91. The molecule has 1 aromatic rings. The van der Waals surface area contributed by atoms with Crippen LogP contribution in [0.25, 0.3) is 0 Å². The Morgan fingerprint density at radius 3 is 2.23 bits per heavy atom. The largest absolute Gasteiger partial charge is 0.481 e. The zero-order valence-corrected chi connectivity index (χ0v) is 39.9. The molecule has 13 atom stereocenters. The van der Waals surface area contributed by atoms with Gasteiger partial charge in [0, 0.05) is 48.7 Å². The van der Waals surface area contributed by atoms with Gasteiger partial charge < -0.3 is 24.8 Å². The molecule has 4 bridgehead atoms. The minimum Gasteiger partial charge on any atom is -0.481 e. The van der Waals surface area contributed by atoms with Gasteiger partial charge in [-0.3, -0.25) is 4.79 Å². The number of rotatable bonds is 12. The van der Waals surface area contributed by atoms with Crippen molar-refractivity contribution in [2.24, 2.45) is 67.0 Å². The zero-order chi connectivity index (χ0) is 43.9. The van der Waals surface area contributed by atoms with Crippen molar-refractivity contribution in [3.8, 4) is 11.8 Å². The van der Waals surface area contributed by atoms with E-state index >= 15 is 0 Å². The molecule has 62 heavy (non-hydrogen) atoms. The van der Waals surface area contributed by atoms with Crippen LogP contribution in [0.1, 0.15) is 193 Å². The highest BCUT2D eigenvalue weighted by molar-refractivity contribution is 5.74. The van der Waals surface area contributed by atoms with Crippen LogP contribution in [0.15, 0.2) is 24.3 Å². The molecule has 8 aliphatic rings. The monoisotopic (exact) mass is 853 g/mol. The van der Waals surface area contributed by atoms with Gasteiger partial charge in [-0.15, -0.1) is 5.92 Å². The number of carbonyl (C=O) groups is 1. The van der Waals surface area contributed by atoms with Crippen molar-refractivity contribution in [1.82, 2.24) is 0 Å². The van der Waals surface area contributed by atoms with E-state index in [9.17, 15) is 20.1 Å². The lowest BCUT2D eigenvalue weighted by molar-refractivity contribution is -0.336. The number of hydrogen-bond acceptors (Lipinski definition) is 5. The number of carboxylic acids is 1. The Morgan fingerprint density at radius 2 is 1.52 bits per heavy atom. The van der Waals surface area contributed by atoms with Gasteiger partial charge in [0.1, 0.15) is 0 Å². The van der Waals surface area contributed by atoms with E-state index in [1.165, 1.54) is 62.5 Å². The van der Waals surface area contributed by atoms with E-state index in [-0.39, 0.29) is 45.7 Å². The minimum absolute atomic E-state index is 0.0335. The van der Waals surface area contributed by atoms with Crippen LogP contribution in [0.2, 0.25) is 0 Å². The van der Waals surface area contributed by atoms with Crippen LogP contribution in [-0.4, -0.2) is 53.5 Å². The summed E-state index contributed by atoms with van der Waals surface area (Å²) < 4.78 is 12.6. The molecule has 9 rings (SSSR count).